The van der Waals surface area contributed by atoms with Crippen LogP contribution < -0.4 is 9.80 Å². The SMILES string of the molecule is CCCN(CCCCCCCN(CC)c1c(CC)cccc1CC)c1ccccc1CC. The van der Waals surface area contributed by atoms with Gasteiger partial charge in [0.05, 0.1) is 0 Å². The summed E-state index contributed by atoms with van der Waals surface area (Å²) in [6.45, 7) is 16.1. The minimum atomic E-state index is 1.10. The Balaban J connectivity index is 1.79. The van der Waals surface area contributed by atoms with Gasteiger partial charge in [-0.3, -0.25) is 0 Å². The van der Waals surface area contributed by atoms with E-state index in [0.29, 0.717) is 0 Å². The third-order valence-corrected chi connectivity index (χ3v) is 6.73. The lowest BCUT2D eigenvalue weighted by atomic mass is 10.0. The number of benzene rings is 2. The molecule has 2 aromatic carbocycles. The Morgan fingerprint density at radius 1 is 0.531 bits per heavy atom. The quantitative estimate of drug-likeness (QED) is 0.245. The second-order valence-electron chi connectivity index (χ2n) is 8.95. The molecule has 0 aliphatic carbocycles. The molecule has 0 unspecified atom stereocenters. The molecule has 178 valence electrons. The first-order valence-electron chi connectivity index (χ1n) is 13.4. The first kappa shape index (κ1) is 26.3. The van der Waals surface area contributed by atoms with Gasteiger partial charge in [0.25, 0.3) is 0 Å². The van der Waals surface area contributed by atoms with Gasteiger partial charge in [-0.25, -0.2) is 0 Å². The van der Waals surface area contributed by atoms with Crippen molar-refractivity contribution >= 4 is 11.4 Å². The highest BCUT2D eigenvalue weighted by Gasteiger charge is 2.13. The van der Waals surface area contributed by atoms with Crippen molar-refractivity contribution in [2.45, 2.75) is 92.4 Å². The summed E-state index contributed by atoms with van der Waals surface area (Å²) in [5, 5.41) is 0. The number of unbranched alkanes of at least 4 members (excludes halogenated alkanes) is 4. The smallest absolute Gasteiger partial charge is 0.0430 e. The van der Waals surface area contributed by atoms with E-state index in [1.165, 1.54) is 86.2 Å². The van der Waals surface area contributed by atoms with Gasteiger partial charge in [-0.15, -0.1) is 0 Å². The number of hydrogen-bond donors (Lipinski definition) is 0. The van der Waals surface area contributed by atoms with E-state index in [1.54, 1.807) is 0 Å². The van der Waals surface area contributed by atoms with Crippen LogP contribution in [0.15, 0.2) is 42.5 Å². The normalized spacial score (nSPS) is 11.0. The molecule has 32 heavy (non-hydrogen) atoms. The Bertz CT molecular complexity index is 745. The second kappa shape index (κ2) is 15.0. The standard InChI is InChI=1S/C30H48N2/c1-6-23-32(29-22-15-14-19-26(29)7-2)25-17-13-11-12-16-24-31(10-5)30-27(8-3)20-18-21-28(30)9-4/h14-15,18-22H,6-13,16-17,23-25H2,1-5H3. The van der Waals surface area contributed by atoms with E-state index in [-0.39, 0.29) is 0 Å². The molecule has 0 heterocycles. The molecule has 0 spiro atoms. The van der Waals surface area contributed by atoms with Gasteiger partial charge in [-0.2, -0.15) is 0 Å². The average molecular weight is 437 g/mol. The Kier molecular flexibility index (Phi) is 12.3. The van der Waals surface area contributed by atoms with Crippen molar-refractivity contribution in [1.29, 1.82) is 0 Å². The van der Waals surface area contributed by atoms with Crippen LogP contribution in [-0.4, -0.2) is 26.2 Å². The number of nitrogens with zero attached hydrogens (tertiary/aromatic N) is 2. The van der Waals surface area contributed by atoms with Crippen LogP contribution in [0.25, 0.3) is 0 Å². The predicted molar refractivity (Wildman–Crippen MR) is 144 cm³/mol. The predicted octanol–water partition coefficient (Wildman–Crippen LogP) is 8.07. The van der Waals surface area contributed by atoms with Crippen LogP contribution >= 0.6 is 0 Å². The zero-order chi connectivity index (χ0) is 23.2. The molecular weight excluding hydrogens is 388 g/mol. The summed E-state index contributed by atoms with van der Waals surface area (Å²) in [5.74, 6) is 0. The van der Waals surface area contributed by atoms with Gasteiger partial charge in [0, 0.05) is 37.6 Å². The van der Waals surface area contributed by atoms with Gasteiger partial charge >= 0.3 is 0 Å². The van der Waals surface area contributed by atoms with Crippen molar-refractivity contribution in [3.8, 4) is 0 Å². The first-order valence-corrected chi connectivity index (χ1v) is 13.4. The van der Waals surface area contributed by atoms with E-state index in [9.17, 15) is 0 Å². The molecule has 0 bridgehead atoms. The second-order valence-corrected chi connectivity index (χ2v) is 8.95. The maximum Gasteiger partial charge on any atom is 0.0430 e. The lowest BCUT2D eigenvalue weighted by molar-refractivity contribution is 0.595. The van der Waals surface area contributed by atoms with Crippen molar-refractivity contribution in [2.24, 2.45) is 0 Å². The maximum absolute atomic E-state index is 2.63. The van der Waals surface area contributed by atoms with E-state index < -0.39 is 0 Å². The molecule has 2 nitrogen and oxygen atoms in total. The van der Waals surface area contributed by atoms with Gasteiger partial charge in [-0.05, 0) is 68.2 Å². The number of para-hydroxylation sites is 2. The molecule has 0 saturated carbocycles. The molecule has 0 aromatic heterocycles. The first-order chi connectivity index (χ1) is 15.7. The number of hydrogen-bond acceptors (Lipinski definition) is 2. The molecular formula is C30H48N2. The molecule has 0 atom stereocenters. The summed E-state index contributed by atoms with van der Waals surface area (Å²) in [7, 11) is 0. The zero-order valence-electron chi connectivity index (χ0n) is 21.6. The van der Waals surface area contributed by atoms with Gasteiger partial charge in [0.15, 0.2) is 0 Å². The van der Waals surface area contributed by atoms with Gasteiger partial charge in [0.2, 0.25) is 0 Å². The molecule has 2 aromatic rings. The molecule has 0 aliphatic rings. The highest BCUT2D eigenvalue weighted by molar-refractivity contribution is 5.60. The van der Waals surface area contributed by atoms with E-state index in [2.05, 4.69) is 86.9 Å². The van der Waals surface area contributed by atoms with Crippen LogP contribution in [0.2, 0.25) is 0 Å². The van der Waals surface area contributed by atoms with Crippen molar-refractivity contribution in [3.05, 3.63) is 59.2 Å². The summed E-state index contributed by atoms with van der Waals surface area (Å²) < 4.78 is 0. The highest BCUT2D eigenvalue weighted by atomic mass is 15.1. The Hall–Kier alpha value is -1.96. The van der Waals surface area contributed by atoms with Crippen LogP contribution in [0, 0.1) is 0 Å². The van der Waals surface area contributed by atoms with E-state index in [1.807, 2.05) is 0 Å². The molecule has 0 N–H and O–H groups in total. The lowest BCUT2D eigenvalue weighted by Crippen LogP contribution is -2.26. The Morgan fingerprint density at radius 2 is 1.06 bits per heavy atom. The Morgan fingerprint density at radius 3 is 1.62 bits per heavy atom. The minimum Gasteiger partial charge on any atom is -0.371 e. The van der Waals surface area contributed by atoms with Crippen LogP contribution in [0.5, 0.6) is 0 Å². The van der Waals surface area contributed by atoms with Crippen molar-refractivity contribution in [3.63, 3.8) is 0 Å². The Labute approximate surface area is 199 Å². The van der Waals surface area contributed by atoms with E-state index in [0.717, 1.165) is 25.8 Å². The van der Waals surface area contributed by atoms with Gasteiger partial charge in [-0.1, -0.05) is 83.4 Å². The summed E-state index contributed by atoms with van der Waals surface area (Å²) in [4.78, 5) is 5.24. The highest BCUT2D eigenvalue weighted by Crippen LogP contribution is 2.27. The van der Waals surface area contributed by atoms with E-state index >= 15 is 0 Å². The van der Waals surface area contributed by atoms with Gasteiger partial charge in [0.1, 0.15) is 0 Å². The molecule has 0 saturated heterocycles. The number of aryl methyl sites for hydroxylation is 3. The number of rotatable bonds is 16. The van der Waals surface area contributed by atoms with Crippen LogP contribution in [0.3, 0.4) is 0 Å². The van der Waals surface area contributed by atoms with Crippen molar-refractivity contribution < 1.29 is 0 Å². The fourth-order valence-corrected chi connectivity index (χ4v) is 4.93. The van der Waals surface area contributed by atoms with Crippen LogP contribution in [0.4, 0.5) is 11.4 Å². The maximum atomic E-state index is 2.63. The molecule has 0 amide bonds. The summed E-state index contributed by atoms with van der Waals surface area (Å²) in [6, 6.07) is 15.8. The van der Waals surface area contributed by atoms with Crippen LogP contribution in [-0.2, 0) is 19.3 Å². The van der Waals surface area contributed by atoms with E-state index in [4.69, 9.17) is 0 Å². The van der Waals surface area contributed by atoms with Crippen molar-refractivity contribution in [2.75, 3.05) is 36.0 Å². The fraction of sp³-hybridized carbons (Fsp3) is 0.600. The minimum absolute atomic E-state index is 1.10. The molecule has 0 aliphatic heterocycles. The fourth-order valence-electron chi connectivity index (χ4n) is 4.93. The van der Waals surface area contributed by atoms with Gasteiger partial charge < -0.3 is 9.80 Å². The topological polar surface area (TPSA) is 6.48 Å². The molecule has 0 radical (unpaired) electrons. The third-order valence-electron chi connectivity index (χ3n) is 6.73. The summed E-state index contributed by atoms with van der Waals surface area (Å²) in [5.41, 5.74) is 7.48. The number of anilines is 2. The summed E-state index contributed by atoms with van der Waals surface area (Å²) >= 11 is 0. The zero-order valence-corrected chi connectivity index (χ0v) is 21.6. The van der Waals surface area contributed by atoms with Crippen LogP contribution in [0.1, 0.15) is 89.8 Å². The largest absolute Gasteiger partial charge is 0.371 e. The monoisotopic (exact) mass is 436 g/mol. The summed E-state index contributed by atoms with van der Waals surface area (Å²) in [6.07, 6.45) is 11.2. The molecule has 2 heteroatoms. The average Bonchev–Trinajstić information content (AvgIpc) is 2.84. The lowest BCUT2D eigenvalue weighted by Gasteiger charge is -2.28. The van der Waals surface area contributed by atoms with Crippen molar-refractivity contribution in [1.82, 2.24) is 0 Å². The molecule has 0 fully saturated rings. The molecule has 2 rings (SSSR count). The third kappa shape index (κ3) is 7.57.